The average Bonchev–Trinajstić information content (AvgIpc) is 3.53. The first-order valence-electron chi connectivity index (χ1n) is 21.0. The smallest absolute Gasteiger partial charge is 0.187 e. The molecular weight excluding hydrogens is 728 g/mol. The van der Waals surface area contributed by atoms with E-state index in [-0.39, 0.29) is 39.9 Å². The third-order valence-corrected chi connectivity index (χ3v) is 16.9. The molecule has 0 bridgehead atoms. The molecule has 14 nitrogen and oxygen atoms in total. The Kier molecular flexibility index (Phi) is 12.7. The van der Waals surface area contributed by atoms with Gasteiger partial charge in [0.2, 0.25) is 0 Å². The fourth-order valence-corrected chi connectivity index (χ4v) is 13.3. The summed E-state index contributed by atoms with van der Waals surface area (Å²) in [5, 5.41) is 108. The summed E-state index contributed by atoms with van der Waals surface area (Å²) in [4.78, 5) is 0. The predicted molar refractivity (Wildman–Crippen MR) is 202 cm³/mol. The van der Waals surface area contributed by atoms with Crippen LogP contribution in [0.4, 0.5) is 0 Å². The van der Waals surface area contributed by atoms with Crippen molar-refractivity contribution in [2.75, 3.05) is 13.2 Å². The van der Waals surface area contributed by atoms with E-state index in [9.17, 15) is 51.1 Å². The second kappa shape index (κ2) is 15.9. The monoisotopic (exact) mass is 800 g/mol. The second-order valence-corrected chi connectivity index (χ2v) is 20.2. The number of hydrogen-bond acceptors (Lipinski definition) is 14. The van der Waals surface area contributed by atoms with Crippen LogP contribution in [0, 0.1) is 45.3 Å². The van der Waals surface area contributed by atoms with Gasteiger partial charge in [-0.1, -0.05) is 46.8 Å². The van der Waals surface area contributed by atoms with Crippen LogP contribution in [0.3, 0.4) is 0 Å². The summed E-state index contributed by atoms with van der Waals surface area (Å²) in [6.07, 6.45) is -10.6. The van der Waals surface area contributed by atoms with Gasteiger partial charge in [0, 0.05) is 0 Å². The minimum absolute atomic E-state index is 0.0844. The topological polar surface area (TPSA) is 239 Å². The summed E-state index contributed by atoms with van der Waals surface area (Å²) in [6.45, 7) is 17.7. The van der Waals surface area contributed by atoms with Gasteiger partial charge in [-0.3, -0.25) is 0 Å². The van der Waals surface area contributed by atoms with Crippen LogP contribution in [0.5, 0.6) is 0 Å². The molecule has 4 saturated carbocycles. The van der Waals surface area contributed by atoms with Crippen LogP contribution in [0.1, 0.15) is 106 Å². The van der Waals surface area contributed by atoms with Crippen molar-refractivity contribution in [3.05, 3.63) is 12.2 Å². The van der Waals surface area contributed by atoms with Crippen molar-refractivity contribution in [3.63, 3.8) is 0 Å². The summed E-state index contributed by atoms with van der Waals surface area (Å²) >= 11 is 0. The van der Waals surface area contributed by atoms with E-state index in [0.29, 0.717) is 31.3 Å². The van der Waals surface area contributed by atoms with Gasteiger partial charge in [-0.25, -0.2) is 0 Å². The van der Waals surface area contributed by atoms with Gasteiger partial charge in [0.05, 0.1) is 37.1 Å². The van der Waals surface area contributed by atoms with Crippen LogP contribution in [-0.4, -0.2) is 150 Å². The molecule has 14 heteroatoms. The molecule has 56 heavy (non-hydrogen) atoms. The first kappa shape index (κ1) is 44.7. The number of fused-ring (bicyclic) bond motifs is 5. The average molecular weight is 801 g/mol. The Morgan fingerprint density at radius 1 is 0.768 bits per heavy atom. The predicted octanol–water partition coefficient (Wildman–Crippen LogP) is 1.12. The molecule has 4 aliphatic carbocycles. The Morgan fingerprint density at radius 3 is 1.96 bits per heavy atom. The molecule has 0 amide bonds. The van der Waals surface area contributed by atoms with E-state index in [2.05, 4.69) is 41.2 Å². The molecule has 0 aromatic carbocycles. The maximum Gasteiger partial charge on any atom is 0.187 e. The second-order valence-electron chi connectivity index (χ2n) is 20.2. The SMILES string of the molecule is C=C(C)[C@@H](O)CC[C@](C)(O)C1CC[C@]2(C)C1[C@H](O)CC1[C@@]3(C)CC[C@H](O[C@@H]4O[C@H](CO)[C@@H](O)[C@H](O)[C@H]4O[C@@H]4O[C@H](CO)[C@@H](O)[C@H](O)[C@H]4O)C(C)(C)C3CC[C@]12C. The highest BCUT2D eigenvalue weighted by Crippen LogP contribution is 2.76. The quantitative estimate of drug-likeness (QED) is 0.104. The first-order valence-corrected chi connectivity index (χ1v) is 21.0. The molecule has 324 valence electrons. The molecule has 0 aromatic rings. The van der Waals surface area contributed by atoms with Gasteiger partial charge in [0.25, 0.3) is 0 Å². The standard InChI is InChI=1S/C42H72O14/c1-20(2)22(45)10-16-42(8,52)21-9-14-41(7)29(21)23(46)17-27-39(5)13-12-28(38(3,4)26(39)11-15-40(27,41)6)55-37-35(33(50)31(48)25(19-44)54-37)56-36-34(51)32(49)30(47)24(18-43)53-36/h21-37,43-52H,1,9-19H2,2-8H3/t21?,22-,23+,24+,25+,26?,27?,28-,29?,30+,31+,32-,33-,34+,35+,36-,37-,39-,40+,41+,42-/m0/s1. The van der Waals surface area contributed by atoms with Crippen LogP contribution in [-0.2, 0) is 18.9 Å². The van der Waals surface area contributed by atoms with Gasteiger partial charge in [-0.2, -0.15) is 0 Å². The summed E-state index contributed by atoms with van der Waals surface area (Å²) in [7, 11) is 0. The van der Waals surface area contributed by atoms with E-state index in [4.69, 9.17) is 18.9 Å². The first-order chi connectivity index (χ1) is 26.0. The molecular formula is C42H72O14. The summed E-state index contributed by atoms with van der Waals surface area (Å²) < 4.78 is 24.3. The lowest BCUT2D eigenvalue weighted by Gasteiger charge is -2.70. The van der Waals surface area contributed by atoms with Gasteiger partial charge in [0.15, 0.2) is 12.6 Å². The fourth-order valence-electron chi connectivity index (χ4n) is 13.3. The van der Waals surface area contributed by atoms with E-state index in [1.165, 1.54) is 0 Å². The lowest BCUT2D eigenvalue weighted by atomic mass is 9.35. The Labute approximate surface area is 331 Å². The van der Waals surface area contributed by atoms with E-state index in [1.54, 1.807) is 6.92 Å². The number of aliphatic hydroxyl groups is 10. The molecule has 4 unspecified atom stereocenters. The van der Waals surface area contributed by atoms with Gasteiger partial charge in [-0.05, 0) is 117 Å². The molecule has 2 aliphatic heterocycles. The Hall–Kier alpha value is -0.820. The molecule has 21 atom stereocenters. The molecule has 10 N–H and O–H groups in total. The van der Waals surface area contributed by atoms with Crippen LogP contribution >= 0.6 is 0 Å². The minimum atomic E-state index is -1.76. The summed E-state index contributed by atoms with van der Waals surface area (Å²) in [5.41, 5.74) is -1.35. The number of aliphatic hydroxyl groups excluding tert-OH is 9. The molecule has 0 spiro atoms. The Balaban J connectivity index is 1.22. The van der Waals surface area contributed by atoms with Crippen LogP contribution in [0.25, 0.3) is 0 Å². The third-order valence-electron chi connectivity index (χ3n) is 16.9. The van der Waals surface area contributed by atoms with Crippen molar-refractivity contribution in [2.45, 2.75) is 192 Å². The normalized spacial score (nSPS) is 51.9. The summed E-state index contributed by atoms with van der Waals surface area (Å²) in [5.74, 6) is 0.150. The summed E-state index contributed by atoms with van der Waals surface area (Å²) in [6, 6.07) is 0. The lowest BCUT2D eigenvalue weighted by molar-refractivity contribution is -0.378. The molecule has 6 rings (SSSR count). The zero-order valence-corrected chi connectivity index (χ0v) is 34.4. The molecule has 2 saturated heterocycles. The Morgan fingerprint density at radius 2 is 1.36 bits per heavy atom. The lowest BCUT2D eigenvalue weighted by Crippen LogP contribution is -2.68. The van der Waals surface area contributed by atoms with Gasteiger partial charge in [0.1, 0.15) is 48.8 Å². The van der Waals surface area contributed by atoms with Gasteiger partial charge in [-0.15, -0.1) is 0 Å². The fraction of sp³-hybridized carbons (Fsp3) is 0.952. The highest BCUT2D eigenvalue weighted by Gasteiger charge is 2.71. The maximum atomic E-state index is 12.2. The van der Waals surface area contributed by atoms with Crippen molar-refractivity contribution >= 4 is 0 Å². The van der Waals surface area contributed by atoms with Gasteiger partial charge < -0.3 is 70.0 Å². The number of hydrogen-bond donors (Lipinski definition) is 10. The van der Waals surface area contributed by atoms with Crippen LogP contribution < -0.4 is 0 Å². The molecule has 6 aliphatic rings. The van der Waals surface area contributed by atoms with Crippen LogP contribution in [0.15, 0.2) is 12.2 Å². The van der Waals surface area contributed by atoms with E-state index in [1.807, 2.05) is 6.92 Å². The van der Waals surface area contributed by atoms with Gasteiger partial charge >= 0.3 is 0 Å². The maximum absolute atomic E-state index is 12.2. The highest BCUT2D eigenvalue weighted by molar-refractivity contribution is 5.20. The largest absolute Gasteiger partial charge is 0.394 e. The molecule has 6 fully saturated rings. The zero-order valence-electron chi connectivity index (χ0n) is 34.4. The third kappa shape index (κ3) is 7.16. The van der Waals surface area contributed by atoms with E-state index in [0.717, 1.165) is 32.1 Å². The highest BCUT2D eigenvalue weighted by atomic mass is 16.8. The van der Waals surface area contributed by atoms with Crippen LogP contribution in [0.2, 0.25) is 0 Å². The molecule has 0 aromatic heterocycles. The van der Waals surface area contributed by atoms with Crippen molar-refractivity contribution in [3.8, 4) is 0 Å². The van der Waals surface area contributed by atoms with E-state index < -0.39 is 104 Å². The molecule has 0 radical (unpaired) electrons. The number of ether oxygens (including phenoxy) is 4. The Bertz CT molecular complexity index is 1390. The van der Waals surface area contributed by atoms with Crippen molar-refractivity contribution in [1.29, 1.82) is 0 Å². The van der Waals surface area contributed by atoms with Crippen molar-refractivity contribution < 1.29 is 70.0 Å². The zero-order chi connectivity index (χ0) is 41.5. The van der Waals surface area contributed by atoms with Crippen molar-refractivity contribution in [2.24, 2.45) is 45.3 Å². The van der Waals surface area contributed by atoms with E-state index >= 15 is 0 Å². The molecule has 2 heterocycles. The van der Waals surface area contributed by atoms with Crippen molar-refractivity contribution in [1.82, 2.24) is 0 Å². The minimum Gasteiger partial charge on any atom is -0.394 e. The number of rotatable bonds is 11.